The molecule has 12 heteroatoms. The number of hydrogen-bond donors (Lipinski definition) is 0. The Morgan fingerprint density at radius 3 is 1.85 bits per heavy atom. The minimum absolute atomic E-state index is 0.914. The highest BCUT2D eigenvalue weighted by Gasteiger charge is 2.54. The smallest absolute Gasteiger partial charge is 0.466 e. The van der Waals surface area contributed by atoms with Crippen molar-refractivity contribution in [3.8, 4) is 0 Å². The fourth-order valence-electron chi connectivity index (χ4n) is 0.727. The molecule has 0 radical (unpaired) electrons. The Morgan fingerprint density at radius 2 is 1.50 bits per heavy atom. The summed E-state index contributed by atoms with van der Waals surface area (Å²) >= 11 is 0. The van der Waals surface area contributed by atoms with Gasteiger partial charge in [-0.05, 0) is 6.92 Å². The number of rotatable bonds is 3. The zero-order chi connectivity index (χ0) is 16.1. The Morgan fingerprint density at radius 1 is 1.05 bits per heavy atom. The fraction of sp³-hybridized carbons (Fsp3) is 0.625. The fourth-order valence-corrected chi connectivity index (χ4v) is 0.727. The van der Waals surface area contributed by atoms with Crippen molar-refractivity contribution in [2.24, 2.45) is 5.16 Å². The minimum Gasteiger partial charge on any atom is -0.466 e. The van der Waals surface area contributed by atoms with Crippen molar-refractivity contribution in [2.45, 2.75) is 25.4 Å². The van der Waals surface area contributed by atoms with Gasteiger partial charge in [0.05, 0.1) is 7.11 Å². The second-order valence-electron chi connectivity index (χ2n) is 3.06. The van der Waals surface area contributed by atoms with E-state index in [0.717, 1.165) is 14.0 Å². The Labute approximate surface area is 107 Å². The van der Waals surface area contributed by atoms with Crippen LogP contribution in [0.3, 0.4) is 0 Å². The molecule has 1 unspecified atom stereocenters. The Hall–Kier alpha value is -2.01. The van der Waals surface area contributed by atoms with E-state index >= 15 is 0 Å². The maximum Gasteiger partial charge on any atom is 0.536 e. The highest BCUT2D eigenvalue weighted by molar-refractivity contribution is 5.94. The van der Waals surface area contributed by atoms with Crippen LogP contribution in [-0.4, -0.2) is 43.4 Å². The number of oxime groups is 1. The van der Waals surface area contributed by atoms with E-state index in [9.17, 15) is 35.9 Å². The molecule has 0 rings (SSSR count). The molecule has 0 heterocycles. The van der Waals surface area contributed by atoms with Crippen LogP contribution in [0.15, 0.2) is 5.16 Å². The van der Waals surface area contributed by atoms with Crippen molar-refractivity contribution >= 4 is 17.8 Å². The number of halogens is 6. The van der Waals surface area contributed by atoms with E-state index in [1.807, 2.05) is 0 Å². The largest absolute Gasteiger partial charge is 0.536 e. The lowest BCUT2D eigenvalue weighted by Gasteiger charge is -2.13. The normalized spacial score (nSPS) is 13.2. The number of nitrogens with zero attached hydrogens (tertiary/aromatic N) is 1. The summed E-state index contributed by atoms with van der Waals surface area (Å²) in [5.74, 6) is -1.10. The summed E-state index contributed by atoms with van der Waals surface area (Å²) in [5, 5.41) is 1.64. The van der Waals surface area contributed by atoms with Crippen molar-refractivity contribution in [1.82, 2.24) is 0 Å². The molecule has 0 saturated carbocycles. The van der Waals surface area contributed by atoms with Crippen LogP contribution < -0.4 is 0 Å². The number of esters is 1. The van der Waals surface area contributed by atoms with Crippen molar-refractivity contribution in [2.75, 3.05) is 7.11 Å². The molecule has 0 N–H and O–H groups in total. The molecule has 0 aliphatic carbocycles. The number of methoxy groups -OCH3 is 1. The lowest BCUT2D eigenvalue weighted by Crippen LogP contribution is -2.37. The van der Waals surface area contributed by atoms with Crippen LogP contribution in [0.4, 0.5) is 31.1 Å². The molecule has 116 valence electrons. The number of carbonyl (C=O) groups is 2. The maximum atomic E-state index is 12.0. The number of carbonyl (C=O) groups excluding carboxylic acids is 2. The molecule has 6 nitrogen and oxygen atoms in total. The summed E-state index contributed by atoms with van der Waals surface area (Å²) in [6.07, 6.45) is -15.4. The summed E-state index contributed by atoms with van der Waals surface area (Å²) in [7, 11) is 0.914. The van der Waals surface area contributed by atoms with Crippen LogP contribution in [0.2, 0.25) is 0 Å². The third kappa shape index (κ3) is 5.75. The molecule has 0 spiro atoms. The number of alkyl halides is 6. The molecule has 20 heavy (non-hydrogen) atoms. The van der Waals surface area contributed by atoms with E-state index in [4.69, 9.17) is 0 Å². The molecule has 0 bridgehead atoms. The van der Waals surface area contributed by atoms with Gasteiger partial charge in [0.1, 0.15) is 0 Å². The van der Waals surface area contributed by atoms with Gasteiger partial charge < -0.3 is 9.47 Å². The van der Waals surface area contributed by atoms with Gasteiger partial charge in [0.25, 0.3) is 5.71 Å². The van der Waals surface area contributed by atoms with Gasteiger partial charge in [-0.1, -0.05) is 5.16 Å². The zero-order valence-electron chi connectivity index (χ0n) is 9.83. The molecule has 0 aromatic rings. The highest BCUT2D eigenvalue weighted by Crippen LogP contribution is 2.30. The zero-order valence-corrected chi connectivity index (χ0v) is 9.83. The first-order valence-electron chi connectivity index (χ1n) is 4.57. The van der Waals surface area contributed by atoms with Crippen LogP contribution in [-0.2, 0) is 19.1 Å². The molecular formula is C8H7F6NO5. The van der Waals surface area contributed by atoms with E-state index < -0.39 is 36.3 Å². The quantitative estimate of drug-likeness (QED) is 0.262. The van der Waals surface area contributed by atoms with Crippen LogP contribution in [0.5, 0.6) is 0 Å². The summed E-state index contributed by atoms with van der Waals surface area (Å²) in [6, 6.07) is 0. The Bertz CT molecular complexity index is 385. The third-order valence-electron chi connectivity index (χ3n) is 1.55. The number of ether oxygens (including phenoxy) is 2. The van der Waals surface area contributed by atoms with Gasteiger partial charge in [0.2, 0.25) is 0 Å². The lowest BCUT2D eigenvalue weighted by molar-refractivity contribution is -0.151. The minimum atomic E-state index is -5.88. The predicted molar refractivity (Wildman–Crippen MR) is 48.6 cm³/mol. The summed E-state index contributed by atoms with van der Waals surface area (Å²) in [6.45, 7) is 0.950. The van der Waals surface area contributed by atoms with Crippen LogP contribution in [0, 0.1) is 0 Å². The van der Waals surface area contributed by atoms with Crippen LogP contribution in [0.25, 0.3) is 0 Å². The molecule has 0 aliphatic heterocycles. The van der Waals surface area contributed by atoms with E-state index in [1.54, 1.807) is 5.16 Å². The molecule has 0 saturated heterocycles. The molecule has 0 fully saturated rings. The van der Waals surface area contributed by atoms with Gasteiger partial charge in [-0.3, -0.25) is 4.84 Å². The standard InChI is InChI=1S/C8H7F6NO5/c1-3(4(16)18-2)19-6(17)20-15-5(7(9,10)11)8(12,13)14/h3H,1-2H3. The third-order valence-corrected chi connectivity index (χ3v) is 1.55. The summed E-state index contributed by atoms with van der Waals surface area (Å²) in [4.78, 5) is 24.8. The molecule has 1 atom stereocenters. The second kappa shape index (κ2) is 6.43. The second-order valence-corrected chi connectivity index (χ2v) is 3.06. The van der Waals surface area contributed by atoms with Crippen molar-refractivity contribution < 1.29 is 50.2 Å². The first-order valence-corrected chi connectivity index (χ1v) is 4.57. The van der Waals surface area contributed by atoms with Gasteiger partial charge in [-0.2, -0.15) is 26.3 Å². The SMILES string of the molecule is COC(=O)C(C)OC(=O)ON=C(C(F)(F)F)C(F)(F)F. The molecule has 0 aromatic carbocycles. The average molecular weight is 311 g/mol. The topological polar surface area (TPSA) is 74.2 Å². The van der Waals surface area contributed by atoms with E-state index in [0.29, 0.717) is 0 Å². The highest BCUT2D eigenvalue weighted by atomic mass is 19.4. The van der Waals surface area contributed by atoms with Gasteiger partial charge in [-0.25, -0.2) is 9.59 Å². The van der Waals surface area contributed by atoms with Gasteiger partial charge in [-0.15, -0.1) is 0 Å². The van der Waals surface area contributed by atoms with Crippen molar-refractivity contribution in [3.05, 3.63) is 0 Å². The van der Waals surface area contributed by atoms with Gasteiger partial charge in [0.15, 0.2) is 6.10 Å². The van der Waals surface area contributed by atoms with Crippen molar-refractivity contribution in [3.63, 3.8) is 0 Å². The molecule has 0 aliphatic rings. The number of hydrogen-bond acceptors (Lipinski definition) is 6. The first-order chi connectivity index (χ1) is 8.89. The first kappa shape index (κ1) is 18.0. The molecule has 0 amide bonds. The predicted octanol–water partition coefficient (Wildman–Crippen LogP) is 2.18. The Kier molecular flexibility index (Phi) is 5.78. The van der Waals surface area contributed by atoms with E-state index in [2.05, 4.69) is 14.3 Å². The molecule has 0 aromatic heterocycles. The summed E-state index contributed by atoms with van der Waals surface area (Å²) < 4.78 is 79.8. The lowest BCUT2D eigenvalue weighted by atomic mass is 10.3. The monoisotopic (exact) mass is 311 g/mol. The van der Waals surface area contributed by atoms with E-state index in [-0.39, 0.29) is 0 Å². The van der Waals surface area contributed by atoms with E-state index in [1.165, 1.54) is 0 Å². The van der Waals surface area contributed by atoms with Crippen LogP contribution >= 0.6 is 0 Å². The average Bonchev–Trinajstić information content (AvgIpc) is 2.24. The molecular weight excluding hydrogens is 304 g/mol. The van der Waals surface area contributed by atoms with Crippen LogP contribution in [0.1, 0.15) is 6.92 Å². The van der Waals surface area contributed by atoms with Gasteiger partial charge >= 0.3 is 24.5 Å². The van der Waals surface area contributed by atoms with Gasteiger partial charge in [0, 0.05) is 0 Å². The Balaban J connectivity index is 4.82. The van der Waals surface area contributed by atoms with Crippen molar-refractivity contribution in [1.29, 1.82) is 0 Å². The summed E-state index contributed by atoms with van der Waals surface area (Å²) in [5.41, 5.74) is -3.28. The maximum absolute atomic E-state index is 12.0.